The zero-order chi connectivity index (χ0) is 25.7. The molecule has 8 nitrogen and oxygen atoms in total. The van der Waals surface area contributed by atoms with Gasteiger partial charge in [0.05, 0.1) is 11.3 Å². The molecule has 9 heteroatoms. The molecule has 1 aliphatic rings. The summed E-state index contributed by atoms with van der Waals surface area (Å²) in [5.74, 6) is -2.10. The van der Waals surface area contributed by atoms with Crippen molar-refractivity contribution in [2.24, 2.45) is 0 Å². The van der Waals surface area contributed by atoms with Crippen molar-refractivity contribution < 1.29 is 23.6 Å². The molecule has 3 N–H and O–H groups in total. The minimum Gasteiger partial charge on any atom is -0.348 e. The summed E-state index contributed by atoms with van der Waals surface area (Å²) in [5.41, 5.74) is 0.452. The summed E-state index contributed by atoms with van der Waals surface area (Å²) < 4.78 is 13.4. The molecule has 0 saturated carbocycles. The molecule has 184 valence electrons. The van der Waals surface area contributed by atoms with E-state index in [9.17, 15) is 23.6 Å². The van der Waals surface area contributed by atoms with Crippen LogP contribution in [0.15, 0.2) is 78.9 Å². The number of nitrogens with zero attached hydrogens (tertiary/aromatic N) is 1. The Morgan fingerprint density at radius 1 is 0.944 bits per heavy atom. The SMILES string of the molecule is CCC1(c2ccc(F)cc2)NC(=O)N(CC(=O)Nc2ccccc2C(=O)NCc2ccccc2)C1=O. The number of halogens is 1. The van der Waals surface area contributed by atoms with Crippen LogP contribution >= 0.6 is 0 Å². The van der Waals surface area contributed by atoms with Crippen LogP contribution in [0, 0.1) is 5.82 Å². The molecule has 1 unspecified atom stereocenters. The smallest absolute Gasteiger partial charge is 0.325 e. The van der Waals surface area contributed by atoms with Crippen molar-refractivity contribution in [2.75, 3.05) is 11.9 Å². The minimum atomic E-state index is -1.39. The van der Waals surface area contributed by atoms with Gasteiger partial charge >= 0.3 is 6.03 Å². The molecule has 0 spiro atoms. The van der Waals surface area contributed by atoms with E-state index in [0.717, 1.165) is 10.5 Å². The number of para-hydroxylation sites is 1. The molecular weight excluding hydrogens is 463 g/mol. The van der Waals surface area contributed by atoms with Gasteiger partial charge in [-0.05, 0) is 41.8 Å². The van der Waals surface area contributed by atoms with Gasteiger partial charge in [0, 0.05) is 6.54 Å². The van der Waals surface area contributed by atoms with Crippen LogP contribution in [0.2, 0.25) is 0 Å². The third-order valence-electron chi connectivity index (χ3n) is 6.09. The standard InChI is InChI=1S/C27H25FN4O4/c1-2-27(19-12-14-20(28)15-13-19)25(35)32(26(36)31-27)17-23(33)30-22-11-7-6-10-21(22)24(34)29-16-18-8-4-3-5-9-18/h3-15H,2,16-17H2,1H3,(H,29,34)(H,30,33)(H,31,36). The van der Waals surface area contributed by atoms with Crippen LogP contribution in [0.25, 0.3) is 0 Å². The lowest BCUT2D eigenvalue weighted by atomic mass is 9.87. The van der Waals surface area contributed by atoms with Gasteiger partial charge in [-0.15, -0.1) is 0 Å². The summed E-state index contributed by atoms with van der Waals surface area (Å²) in [7, 11) is 0. The minimum absolute atomic E-state index is 0.214. The second-order valence-electron chi connectivity index (χ2n) is 8.35. The van der Waals surface area contributed by atoms with Crippen LogP contribution in [0.4, 0.5) is 14.9 Å². The molecule has 1 aliphatic heterocycles. The monoisotopic (exact) mass is 488 g/mol. The van der Waals surface area contributed by atoms with Crippen molar-refractivity contribution in [1.29, 1.82) is 0 Å². The Morgan fingerprint density at radius 3 is 2.31 bits per heavy atom. The van der Waals surface area contributed by atoms with E-state index in [1.54, 1.807) is 31.2 Å². The fourth-order valence-corrected chi connectivity index (χ4v) is 4.14. The number of urea groups is 1. The number of anilines is 1. The zero-order valence-electron chi connectivity index (χ0n) is 19.6. The van der Waals surface area contributed by atoms with E-state index >= 15 is 0 Å². The Labute approximate surface area is 207 Å². The molecule has 5 amide bonds. The van der Waals surface area contributed by atoms with Gasteiger partial charge in [0.1, 0.15) is 17.9 Å². The second-order valence-corrected chi connectivity index (χ2v) is 8.35. The first-order valence-electron chi connectivity index (χ1n) is 11.4. The first kappa shape index (κ1) is 24.6. The number of rotatable bonds is 8. The van der Waals surface area contributed by atoms with E-state index in [0.29, 0.717) is 12.1 Å². The predicted molar refractivity (Wildman–Crippen MR) is 131 cm³/mol. The fourth-order valence-electron chi connectivity index (χ4n) is 4.14. The first-order chi connectivity index (χ1) is 17.3. The Morgan fingerprint density at radius 2 is 1.61 bits per heavy atom. The van der Waals surface area contributed by atoms with Gasteiger partial charge in [-0.25, -0.2) is 9.18 Å². The molecule has 3 aromatic carbocycles. The van der Waals surface area contributed by atoms with E-state index in [1.165, 1.54) is 24.3 Å². The van der Waals surface area contributed by atoms with Crippen molar-refractivity contribution in [3.63, 3.8) is 0 Å². The van der Waals surface area contributed by atoms with Gasteiger partial charge in [0.2, 0.25) is 5.91 Å². The van der Waals surface area contributed by atoms with Crippen molar-refractivity contribution in [3.05, 3.63) is 101 Å². The normalized spacial score (nSPS) is 17.0. The van der Waals surface area contributed by atoms with E-state index in [1.807, 2.05) is 30.3 Å². The Balaban J connectivity index is 1.45. The molecule has 0 aromatic heterocycles. The Hall–Kier alpha value is -4.53. The molecule has 4 rings (SSSR count). The fraction of sp³-hybridized carbons (Fsp3) is 0.185. The van der Waals surface area contributed by atoms with Gasteiger partial charge in [-0.2, -0.15) is 0 Å². The average molecular weight is 489 g/mol. The third kappa shape index (κ3) is 4.95. The predicted octanol–water partition coefficient (Wildman–Crippen LogP) is 3.55. The molecule has 1 saturated heterocycles. The van der Waals surface area contributed by atoms with E-state index < -0.39 is 35.7 Å². The number of benzene rings is 3. The number of carbonyl (C=O) groups excluding carboxylic acids is 4. The third-order valence-corrected chi connectivity index (χ3v) is 6.09. The van der Waals surface area contributed by atoms with Gasteiger partial charge < -0.3 is 16.0 Å². The van der Waals surface area contributed by atoms with Gasteiger partial charge in [0.25, 0.3) is 11.8 Å². The van der Waals surface area contributed by atoms with Crippen LogP contribution in [0.3, 0.4) is 0 Å². The van der Waals surface area contributed by atoms with Crippen molar-refractivity contribution in [2.45, 2.75) is 25.4 Å². The number of hydrogen-bond acceptors (Lipinski definition) is 4. The second kappa shape index (κ2) is 10.4. The van der Waals surface area contributed by atoms with Crippen LogP contribution in [-0.4, -0.2) is 35.2 Å². The molecule has 0 bridgehead atoms. The van der Waals surface area contributed by atoms with Crippen LogP contribution in [0.1, 0.15) is 34.8 Å². The highest BCUT2D eigenvalue weighted by atomic mass is 19.1. The highest BCUT2D eigenvalue weighted by Gasteiger charge is 2.51. The van der Waals surface area contributed by atoms with Gasteiger partial charge in [-0.1, -0.05) is 61.5 Å². The quantitative estimate of drug-likeness (QED) is 0.422. The van der Waals surface area contributed by atoms with Crippen LogP contribution in [-0.2, 0) is 21.7 Å². The van der Waals surface area contributed by atoms with Gasteiger partial charge in [-0.3, -0.25) is 19.3 Å². The van der Waals surface area contributed by atoms with E-state index in [4.69, 9.17) is 0 Å². The van der Waals surface area contributed by atoms with E-state index in [-0.39, 0.29) is 23.6 Å². The number of amides is 5. The molecule has 3 aromatic rings. The lowest BCUT2D eigenvalue weighted by molar-refractivity contribution is -0.134. The summed E-state index contributed by atoms with van der Waals surface area (Å²) in [6, 6.07) is 20.4. The number of imide groups is 1. The highest BCUT2D eigenvalue weighted by Crippen LogP contribution is 2.32. The Kier molecular flexibility index (Phi) is 7.10. The van der Waals surface area contributed by atoms with Crippen molar-refractivity contribution in [1.82, 2.24) is 15.5 Å². The summed E-state index contributed by atoms with van der Waals surface area (Å²) >= 11 is 0. The van der Waals surface area contributed by atoms with Crippen LogP contribution < -0.4 is 16.0 Å². The largest absolute Gasteiger partial charge is 0.348 e. The molecule has 1 fully saturated rings. The summed E-state index contributed by atoms with van der Waals surface area (Å²) in [4.78, 5) is 52.3. The molecule has 36 heavy (non-hydrogen) atoms. The molecular formula is C27H25FN4O4. The Bertz CT molecular complexity index is 1300. The topological polar surface area (TPSA) is 108 Å². The number of carbonyl (C=O) groups is 4. The number of nitrogens with one attached hydrogen (secondary N) is 3. The summed E-state index contributed by atoms with van der Waals surface area (Å²) in [6.07, 6.45) is 0.214. The van der Waals surface area contributed by atoms with Crippen molar-refractivity contribution in [3.8, 4) is 0 Å². The lowest BCUT2D eigenvalue weighted by Crippen LogP contribution is -2.44. The maximum absolute atomic E-state index is 13.4. The molecule has 0 radical (unpaired) electrons. The molecule has 1 atom stereocenters. The molecule has 1 heterocycles. The lowest BCUT2D eigenvalue weighted by Gasteiger charge is -2.25. The maximum atomic E-state index is 13.4. The summed E-state index contributed by atoms with van der Waals surface area (Å²) in [6.45, 7) is 1.48. The van der Waals surface area contributed by atoms with E-state index in [2.05, 4.69) is 16.0 Å². The molecule has 0 aliphatic carbocycles. The van der Waals surface area contributed by atoms with Crippen LogP contribution in [0.5, 0.6) is 0 Å². The summed E-state index contributed by atoms with van der Waals surface area (Å²) in [5, 5.41) is 8.09. The number of hydrogen-bond donors (Lipinski definition) is 3. The average Bonchev–Trinajstić information content (AvgIpc) is 3.13. The maximum Gasteiger partial charge on any atom is 0.325 e. The van der Waals surface area contributed by atoms with Gasteiger partial charge in [0.15, 0.2) is 0 Å². The zero-order valence-corrected chi connectivity index (χ0v) is 19.6. The highest BCUT2D eigenvalue weighted by molar-refractivity contribution is 6.11. The van der Waals surface area contributed by atoms with Crippen molar-refractivity contribution >= 4 is 29.4 Å². The first-order valence-corrected chi connectivity index (χ1v) is 11.4.